The van der Waals surface area contributed by atoms with E-state index < -0.39 is 0 Å². The highest BCUT2D eigenvalue weighted by molar-refractivity contribution is 7.98. The smallest absolute Gasteiger partial charge is 0.196 e. The molecule has 4 nitrogen and oxygen atoms in total. The van der Waals surface area contributed by atoms with Crippen LogP contribution in [-0.4, -0.2) is 19.7 Å². The van der Waals surface area contributed by atoms with Gasteiger partial charge in [0.05, 0.1) is 5.69 Å². The summed E-state index contributed by atoms with van der Waals surface area (Å²) in [5.74, 6) is 1.70. The second kappa shape index (κ2) is 8.18. The zero-order chi connectivity index (χ0) is 18.5. The molecule has 5 heteroatoms. The van der Waals surface area contributed by atoms with Gasteiger partial charge in [-0.3, -0.25) is 9.55 Å². The van der Waals surface area contributed by atoms with Crippen LogP contribution < -0.4 is 0 Å². The van der Waals surface area contributed by atoms with Crippen LogP contribution in [0.1, 0.15) is 22.6 Å². The van der Waals surface area contributed by atoms with Gasteiger partial charge in [-0.1, -0.05) is 60.3 Å². The molecule has 0 bridgehead atoms. The van der Waals surface area contributed by atoms with Gasteiger partial charge in [0, 0.05) is 24.1 Å². The lowest BCUT2D eigenvalue weighted by molar-refractivity contribution is 0.846. The third kappa shape index (κ3) is 4.26. The van der Waals surface area contributed by atoms with Crippen LogP contribution in [-0.2, 0) is 12.2 Å². The normalized spacial score (nSPS) is 10.9. The topological polar surface area (TPSA) is 43.6 Å². The van der Waals surface area contributed by atoms with Crippen LogP contribution in [0, 0.1) is 6.92 Å². The number of aryl methyl sites for hydroxylation is 1. The molecule has 0 radical (unpaired) electrons. The molecule has 2 aromatic heterocycles. The van der Waals surface area contributed by atoms with Crippen molar-refractivity contribution in [2.75, 3.05) is 0 Å². The first-order chi connectivity index (χ1) is 13.3. The number of nitrogens with zero attached hydrogens (tertiary/aromatic N) is 4. The molecule has 27 heavy (non-hydrogen) atoms. The Bertz CT molecular complexity index is 1010. The van der Waals surface area contributed by atoms with E-state index in [0.29, 0.717) is 0 Å². The summed E-state index contributed by atoms with van der Waals surface area (Å²) in [5, 5.41) is 9.87. The maximum Gasteiger partial charge on any atom is 0.196 e. The number of hydrogen-bond acceptors (Lipinski definition) is 4. The van der Waals surface area contributed by atoms with Crippen molar-refractivity contribution < 1.29 is 0 Å². The Hall–Kier alpha value is -2.92. The molecule has 134 valence electrons. The molecule has 2 heterocycles. The summed E-state index contributed by atoms with van der Waals surface area (Å²) < 4.78 is 2.16. The Morgan fingerprint density at radius 3 is 2.52 bits per heavy atom. The molecule has 0 aliphatic rings. The summed E-state index contributed by atoms with van der Waals surface area (Å²) >= 11 is 1.66. The first kappa shape index (κ1) is 17.5. The average Bonchev–Trinajstić information content (AvgIpc) is 3.10. The molecule has 4 rings (SSSR count). The van der Waals surface area contributed by atoms with Gasteiger partial charge in [-0.25, -0.2) is 0 Å². The summed E-state index contributed by atoms with van der Waals surface area (Å²) in [7, 11) is 0. The minimum atomic E-state index is 0.742. The van der Waals surface area contributed by atoms with Crippen molar-refractivity contribution >= 4 is 11.8 Å². The van der Waals surface area contributed by atoms with Gasteiger partial charge in [0.2, 0.25) is 0 Å². The number of rotatable bonds is 6. The maximum absolute atomic E-state index is 4.50. The number of benzene rings is 2. The summed E-state index contributed by atoms with van der Waals surface area (Å²) in [6.07, 6.45) is 2.56. The van der Waals surface area contributed by atoms with Crippen LogP contribution in [0.5, 0.6) is 0 Å². The molecule has 0 aliphatic carbocycles. The number of pyridine rings is 1. The van der Waals surface area contributed by atoms with E-state index in [1.165, 1.54) is 11.1 Å². The molecule has 0 atom stereocenters. The highest BCUT2D eigenvalue weighted by Gasteiger charge is 2.15. The van der Waals surface area contributed by atoms with E-state index in [0.717, 1.165) is 34.5 Å². The number of aromatic nitrogens is 4. The lowest BCUT2D eigenvalue weighted by atomic mass is 10.1. The van der Waals surface area contributed by atoms with Crippen molar-refractivity contribution in [3.8, 4) is 5.69 Å². The lowest BCUT2D eigenvalue weighted by Crippen LogP contribution is -2.04. The molecule has 0 saturated carbocycles. The van der Waals surface area contributed by atoms with Crippen molar-refractivity contribution in [3.63, 3.8) is 0 Å². The van der Waals surface area contributed by atoms with Gasteiger partial charge in [-0.05, 0) is 42.3 Å². The molecule has 0 aliphatic heterocycles. The van der Waals surface area contributed by atoms with Gasteiger partial charge in [0.1, 0.15) is 5.82 Å². The number of thioether (sulfide) groups is 1. The monoisotopic (exact) mass is 372 g/mol. The Morgan fingerprint density at radius 1 is 0.889 bits per heavy atom. The minimum absolute atomic E-state index is 0.742. The molecule has 0 unspecified atom stereocenters. The van der Waals surface area contributed by atoms with Crippen LogP contribution >= 0.6 is 11.8 Å². The fourth-order valence-electron chi connectivity index (χ4n) is 2.94. The third-order valence-electron chi connectivity index (χ3n) is 4.24. The Labute approximate surface area is 163 Å². The molecule has 0 spiro atoms. The molecule has 0 amide bonds. The summed E-state index contributed by atoms with van der Waals surface area (Å²) in [4.78, 5) is 4.41. The Kier molecular flexibility index (Phi) is 5.30. The van der Waals surface area contributed by atoms with Gasteiger partial charge < -0.3 is 0 Å². The van der Waals surface area contributed by atoms with Crippen molar-refractivity contribution in [1.82, 2.24) is 19.7 Å². The Balaban J connectivity index is 1.68. The average molecular weight is 372 g/mol. The van der Waals surface area contributed by atoms with Gasteiger partial charge in [0.15, 0.2) is 5.16 Å². The fraction of sp³-hybridized carbons (Fsp3) is 0.136. The lowest BCUT2D eigenvalue weighted by Gasteiger charge is -2.11. The highest BCUT2D eigenvalue weighted by Crippen LogP contribution is 2.26. The van der Waals surface area contributed by atoms with Crippen molar-refractivity contribution in [2.45, 2.75) is 24.3 Å². The largest absolute Gasteiger partial charge is 0.274 e. The van der Waals surface area contributed by atoms with Gasteiger partial charge in [0.25, 0.3) is 0 Å². The van der Waals surface area contributed by atoms with E-state index in [2.05, 4.69) is 75.2 Å². The standard InChI is InChI=1S/C22H20N4S/c1-17-8-7-12-20(14-17)26-21(15-18-9-3-2-4-10-18)24-25-22(26)27-16-19-11-5-6-13-23-19/h2-14H,15-16H2,1H3. The highest BCUT2D eigenvalue weighted by atomic mass is 32.2. The van der Waals surface area contributed by atoms with Crippen LogP contribution in [0.15, 0.2) is 84.1 Å². The second-order valence-corrected chi connectivity index (χ2v) is 7.29. The summed E-state index contributed by atoms with van der Waals surface area (Å²) in [5.41, 5.74) is 4.56. The zero-order valence-electron chi connectivity index (χ0n) is 15.1. The van der Waals surface area contributed by atoms with Gasteiger partial charge in [-0.15, -0.1) is 10.2 Å². The van der Waals surface area contributed by atoms with Crippen LogP contribution in [0.4, 0.5) is 0 Å². The first-order valence-corrected chi connectivity index (χ1v) is 9.86. The van der Waals surface area contributed by atoms with Gasteiger partial charge >= 0.3 is 0 Å². The Morgan fingerprint density at radius 2 is 1.74 bits per heavy atom. The minimum Gasteiger partial charge on any atom is -0.274 e. The zero-order valence-corrected chi connectivity index (χ0v) is 15.9. The van der Waals surface area contributed by atoms with E-state index in [1.807, 2.05) is 30.5 Å². The van der Waals surface area contributed by atoms with Gasteiger partial charge in [-0.2, -0.15) is 0 Å². The van der Waals surface area contributed by atoms with Crippen LogP contribution in [0.3, 0.4) is 0 Å². The predicted octanol–water partition coefficient (Wildman–Crippen LogP) is 4.85. The van der Waals surface area contributed by atoms with E-state index in [-0.39, 0.29) is 0 Å². The third-order valence-corrected chi connectivity index (χ3v) is 5.20. The predicted molar refractivity (Wildman–Crippen MR) is 109 cm³/mol. The SMILES string of the molecule is Cc1cccc(-n2c(Cc3ccccc3)nnc2SCc2ccccn2)c1. The van der Waals surface area contributed by atoms with E-state index in [4.69, 9.17) is 0 Å². The summed E-state index contributed by atoms with van der Waals surface area (Å²) in [6, 6.07) is 24.8. The second-order valence-electron chi connectivity index (χ2n) is 6.35. The summed E-state index contributed by atoms with van der Waals surface area (Å²) in [6.45, 7) is 2.10. The molecule has 2 aromatic carbocycles. The molecule has 0 fully saturated rings. The molecule has 0 saturated heterocycles. The molecular weight excluding hydrogens is 352 g/mol. The maximum atomic E-state index is 4.50. The van der Waals surface area contributed by atoms with Crippen LogP contribution in [0.25, 0.3) is 5.69 Å². The number of hydrogen-bond donors (Lipinski definition) is 0. The molecule has 0 N–H and O–H groups in total. The molecular formula is C22H20N4S. The van der Waals surface area contributed by atoms with Crippen molar-refractivity contribution in [2.24, 2.45) is 0 Å². The van der Waals surface area contributed by atoms with Crippen LogP contribution in [0.2, 0.25) is 0 Å². The van der Waals surface area contributed by atoms with Crippen molar-refractivity contribution in [1.29, 1.82) is 0 Å². The van der Waals surface area contributed by atoms with Crippen molar-refractivity contribution in [3.05, 3.63) is 102 Å². The van der Waals surface area contributed by atoms with E-state index >= 15 is 0 Å². The van der Waals surface area contributed by atoms with E-state index in [9.17, 15) is 0 Å². The first-order valence-electron chi connectivity index (χ1n) is 8.87. The fourth-order valence-corrected chi connectivity index (χ4v) is 3.82. The molecule has 4 aromatic rings. The quantitative estimate of drug-likeness (QED) is 0.454. The van der Waals surface area contributed by atoms with E-state index in [1.54, 1.807) is 11.8 Å².